The molecule has 0 saturated carbocycles. The van der Waals surface area contributed by atoms with Gasteiger partial charge in [-0.3, -0.25) is 4.79 Å². The second-order valence-electron chi connectivity index (χ2n) is 7.28. The normalized spacial score (nSPS) is 21.2. The van der Waals surface area contributed by atoms with Crippen molar-refractivity contribution in [2.75, 3.05) is 23.8 Å². The summed E-state index contributed by atoms with van der Waals surface area (Å²) in [7, 11) is 0. The van der Waals surface area contributed by atoms with E-state index in [-0.39, 0.29) is 17.8 Å². The quantitative estimate of drug-likeness (QED) is 0.694. The van der Waals surface area contributed by atoms with Gasteiger partial charge in [0.25, 0.3) is 5.91 Å². The van der Waals surface area contributed by atoms with Crippen molar-refractivity contribution in [3.8, 4) is 0 Å². The monoisotopic (exact) mass is 403 g/mol. The second-order valence-corrected chi connectivity index (χ2v) is 7.28. The van der Waals surface area contributed by atoms with Gasteiger partial charge in [0.05, 0.1) is 23.9 Å². The minimum absolute atomic E-state index is 0.0809. The summed E-state index contributed by atoms with van der Waals surface area (Å²) in [6.07, 6.45) is 0.990. The second kappa shape index (κ2) is 8.08. The molecule has 0 bridgehead atoms. The molecule has 2 N–H and O–H groups in total. The minimum Gasteiger partial charge on any atom is -0.408 e. The average molecular weight is 403 g/mol. The Labute approximate surface area is 173 Å². The Balaban J connectivity index is 1.46. The molecule has 5 rings (SSSR count). The van der Waals surface area contributed by atoms with Gasteiger partial charge in [0.15, 0.2) is 0 Å². The fraction of sp³-hybridized carbons (Fsp3) is 0.273. The molecule has 1 saturated heterocycles. The van der Waals surface area contributed by atoms with Crippen LogP contribution in [0, 0.1) is 0 Å². The highest BCUT2D eigenvalue weighted by Gasteiger charge is 2.28. The van der Waals surface area contributed by atoms with Gasteiger partial charge in [-0.05, 0) is 18.9 Å². The van der Waals surface area contributed by atoms with Gasteiger partial charge < -0.3 is 19.8 Å². The molecule has 0 aliphatic carbocycles. The van der Waals surface area contributed by atoms with Crippen LogP contribution in [0.1, 0.15) is 35.8 Å². The molecule has 0 radical (unpaired) electrons. The number of hydrogen-bond acceptors (Lipinski definition) is 7. The largest absolute Gasteiger partial charge is 0.408 e. The van der Waals surface area contributed by atoms with Crippen LogP contribution in [0.25, 0.3) is 0 Å². The summed E-state index contributed by atoms with van der Waals surface area (Å²) in [4.78, 5) is 17.6. The Morgan fingerprint density at radius 1 is 1.03 bits per heavy atom. The van der Waals surface area contributed by atoms with E-state index in [1.54, 1.807) is 0 Å². The molecule has 30 heavy (non-hydrogen) atoms. The molecule has 2 aliphatic rings. The highest BCUT2D eigenvalue weighted by Crippen LogP contribution is 2.27. The fourth-order valence-electron chi connectivity index (χ4n) is 3.69. The maximum absolute atomic E-state index is 12.9. The molecule has 8 nitrogen and oxygen atoms in total. The van der Waals surface area contributed by atoms with Gasteiger partial charge >= 0.3 is 6.01 Å². The lowest BCUT2D eigenvalue weighted by Gasteiger charge is -2.18. The number of ether oxygens (including phenoxy) is 1. The minimum atomic E-state index is -0.913. The van der Waals surface area contributed by atoms with E-state index in [0.29, 0.717) is 23.9 Å². The van der Waals surface area contributed by atoms with E-state index in [1.165, 1.54) is 0 Å². The number of nitrogens with one attached hydrogen (secondary N) is 2. The van der Waals surface area contributed by atoms with E-state index in [4.69, 9.17) is 14.1 Å². The number of anilines is 2. The van der Waals surface area contributed by atoms with Crippen LogP contribution < -0.4 is 10.6 Å². The maximum atomic E-state index is 12.9. The van der Waals surface area contributed by atoms with Crippen molar-refractivity contribution in [1.29, 1.82) is 0 Å². The van der Waals surface area contributed by atoms with Crippen LogP contribution >= 0.6 is 0 Å². The average Bonchev–Trinajstić information content (AvgIpc) is 3.21. The zero-order valence-electron chi connectivity index (χ0n) is 16.2. The highest BCUT2D eigenvalue weighted by molar-refractivity contribution is 6.19. The molecule has 8 heteroatoms. The number of nitrogens with zero attached hydrogens (tertiary/aromatic N) is 3. The van der Waals surface area contributed by atoms with Gasteiger partial charge in [-0.1, -0.05) is 53.6 Å². The van der Waals surface area contributed by atoms with Crippen molar-refractivity contribution < 1.29 is 13.9 Å². The van der Waals surface area contributed by atoms with Crippen molar-refractivity contribution in [2.24, 2.45) is 4.99 Å². The lowest BCUT2D eigenvalue weighted by Crippen LogP contribution is -2.32. The first-order valence-corrected chi connectivity index (χ1v) is 9.99. The van der Waals surface area contributed by atoms with Crippen molar-refractivity contribution in [1.82, 2.24) is 10.2 Å². The Bertz CT molecular complexity index is 1070. The number of benzodiazepines with no additional fused rings is 1. The molecule has 0 spiro atoms. The molecular formula is C22H21N5O3. The van der Waals surface area contributed by atoms with Crippen LogP contribution in [0.15, 0.2) is 64.0 Å². The van der Waals surface area contributed by atoms with E-state index < -0.39 is 6.17 Å². The summed E-state index contributed by atoms with van der Waals surface area (Å²) >= 11 is 0. The van der Waals surface area contributed by atoms with Gasteiger partial charge in [0.1, 0.15) is 0 Å². The summed E-state index contributed by atoms with van der Waals surface area (Å²) < 4.78 is 11.3. The van der Waals surface area contributed by atoms with Crippen molar-refractivity contribution in [3.63, 3.8) is 0 Å². The molecule has 1 unspecified atom stereocenters. The maximum Gasteiger partial charge on any atom is 0.317 e. The first-order valence-electron chi connectivity index (χ1n) is 9.99. The summed E-state index contributed by atoms with van der Waals surface area (Å²) in [5.41, 5.74) is 3.19. The van der Waals surface area contributed by atoms with E-state index in [1.807, 2.05) is 54.6 Å². The summed E-state index contributed by atoms with van der Waals surface area (Å²) in [6, 6.07) is 17.5. The molecule has 3 aromatic rings. The first kappa shape index (κ1) is 18.5. The third-order valence-electron chi connectivity index (χ3n) is 5.20. The Hall–Kier alpha value is -3.52. The molecule has 1 amide bonds. The van der Waals surface area contributed by atoms with E-state index in [2.05, 4.69) is 20.8 Å². The molecule has 1 fully saturated rings. The van der Waals surface area contributed by atoms with Gasteiger partial charge in [0.2, 0.25) is 12.1 Å². The topological polar surface area (TPSA) is 102 Å². The number of para-hydroxylation sites is 1. The van der Waals surface area contributed by atoms with Crippen molar-refractivity contribution >= 4 is 23.3 Å². The number of hydrogen-bond donors (Lipinski definition) is 2. The molecule has 152 valence electrons. The highest BCUT2D eigenvalue weighted by atomic mass is 16.5. The van der Waals surface area contributed by atoms with Crippen LogP contribution in [0.2, 0.25) is 0 Å². The number of aliphatic imine (C=N–C) groups is 1. The number of rotatable bonds is 4. The van der Waals surface area contributed by atoms with E-state index in [0.717, 1.165) is 30.6 Å². The van der Waals surface area contributed by atoms with E-state index in [9.17, 15) is 4.79 Å². The number of aromatic nitrogens is 2. The summed E-state index contributed by atoms with van der Waals surface area (Å²) in [6.45, 7) is 1.33. The third kappa shape index (κ3) is 3.69. The molecule has 3 heterocycles. The smallest absolute Gasteiger partial charge is 0.317 e. The number of fused-ring (bicyclic) bond motifs is 1. The van der Waals surface area contributed by atoms with Crippen LogP contribution in [0.5, 0.6) is 0 Å². The van der Waals surface area contributed by atoms with E-state index >= 15 is 0 Å². The lowest BCUT2D eigenvalue weighted by atomic mass is 10.0. The van der Waals surface area contributed by atoms with Crippen LogP contribution in [0.3, 0.4) is 0 Å². The summed E-state index contributed by atoms with van der Waals surface area (Å²) in [5.74, 6) is 0.299. The van der Waals surface area contributed by atoms with Gasteiger partial charge in [-0.25, -0.2) is 4.99 Å². The lowest BCUT2D eigenvalue weighted by molar-refractivity contribution is -0.116. The van der Waals surface area contributed by atoms with Crippen LogP contribution in [-0.4, -0.2) is 41.2 Å². The van der Waals surface area contributed by atoms with Crippen molar-refractivity contribution in [2.45, 2.75) is 24.9 Å². The third-order valence-corrected chi connectivity index (χ3v) is 5.20. The summed E-state index contributed by atoms with van der Waals surface area (Å²) in [5, 5.41) is 14.1. The van der Waals surface area contributed by atoms with Crippen molar-refractivity contribution in [3.05, 3.63) is 71.6 Å². The first-order chi connectivity index (χ1) is 14.8. The molecule has 2 aliphatic heterocycles. The number of carbonyl (C=O) groups is 1. The molecule has 2 aromatic carbocycles. The Morgan fingerprint density at radius 2 is 1.87 bits per heavy atom. The van der Waals surface area contributed by atoms with Crippen LogP contribution in [0.4, 0.5) is 11.7 Å². The number of amides is 1. The van der Waals surface area contributed by atoms with Gasteiger partial charge in [-0.15, -0.1) is 5.10 Å². The fourth-order valence-corrected chi connectivity index (χ4v) is 3.69. The van der Waals surface area contributed by atoms with Gasteiger partial charge in [-0.2, -0.15) is 0 Å². The SMILES string of the molecule is O=C1Nc2ccccc2C(c2ccccc2)=NC1Nc1nnc([C@H]2CCCOC2)o1. The molecular weight excluding hydrogens is 382 g/mol. The molecule has 1 aromatic heterocycles. The predicted octanol–water partition coefficient (Wildman–Crippen LogP) is 3.19. The predicted molar refractivity (Wildman–Crippen MR) is 112 cm³/mol. The Morgan fingerprint density at radius 3 is 2.70 bits per heavy atom. The Kier molecular flexibility index (Phi) is 4.98. The van der Waals surface area contributed by atoms with Gasteiger partial charge in [0, 0.05) is 17.7 Å². The number of carbonyl (C=O) groups excluding carboxylic acids is 1. The zero-order chi connectivity index (χ0) is 20.3. The van der Waals surface area contributed by atoms with Crippen LogP contribution in [-0.2, 0) is 9.53 Å². The zero-order valence-corrected chi connectivity index (χ0v) is 16.2. The standard InChI is InChI=1S/C22H21N5O3/c28-20-19(25-22-27-26-21(30-22)15-9-6-12-29-13-15)24-18(14-7-2-1-3-8-14)16-10-4-5-11-17(16)23-20/h1-5,7-8,10-11,15,19H,6,9,12-13H2,(H,23,28)(H,25,27)/t15-,19?/m0/s1. The molecule has 2 atom stereocenters. The number of benzene rings is 2.